The summed E-state index contributed by atoms with van der Waals surface area (Å²) in [7, 11) is 0. The number of likely N-dealkylation sites (tertiary alicyclic amines) is 1. The predicted octanol–water partition coefficient (Wildman–Crippen LogP) is 4.25. The lowest BCUT2D eigenvalue weighted by molar-refractivity contribution is 0.0785. The number of aromatic nitrogens is 1. The van der Waals surface area contributed by atoms with Crippen molar-refractivity contribution >= 4 is 17.5 Å². The topological polar surface area (TPSA) is 73.7 Å². The third-order valence-corrected chi connectivity index (χ3v) is 6.23. The Bertz CT molecular complexity index is 1080. The van der Waals surface area contributed by atoms with Crippen LogP contribution in [-0.2, 0) is 6.61 Å². The molecule has 2 heterocycles. The number of aliphatic hydroxyl groups excluding tert-OH is 2. The molecule has 2 atom stereocenters. The first-order chi connectivity index (χ1) is 15.0. The van der Waals surface area contributed by atoms with Crippen LogP contribution >= 0.6 is 11.6 Å². The highest BCUT2D eigenvalue weighted by atomic mass is 35.5. The summed E-state index contributed by atoms with van der Waals surface area (Å²) < 4.78 is 0. The molecule has 1 amide bonds. The van der Waals surface area contributed by atoms with Crippen LogP contribution in [0, 0.1) is 6.92 Å². The Hall–Kier alpha value is -2.73. The van der Waals surface area contributed by atoms with Gasteiger partial charge in [-0.1, -0.05) is 59.6 Å². The van der Waals surface area contributed by atoms with Crippen LogP contribution in [0.2, 0.25) is 5.02 Å². The molecule has 1 saturated heterocycles. The number of nitrogens with zero attached hydrogens (tertiary/aromatic N) is 2. The van der Waals surface area contributed by atoms with Gasteiger partial charge in [-0.3, -0.25) is 4.79 Å². The molecule has 1 aliphatic heterocycles. The normalized spacial score (nSPS) is 17.0. The number of halogens is 1. The largest absolute Gasteiger partial charge is 0.392 e. The molecule has 1 fully saturated rings. The van der Waals surface area contributed by atoms with E-state index in [-0.39, 0.29) is 24.1 Å². The fraction of sp³-hybridized carbons (Fsp3) is 0.280. The highest BCUT2D eigenvalue weighted by Crippen LogP contribution is 2.33. The molecule has 0 bridgehead atoms. The molecule has 0 spiro atoms. The minimum Gasteiger partial charge on any atom is -0.392 e. The predicted molar refractivity (Wildman–Crippen MR) is 120 cm³/mol. The van der Waals surface area contributed by atoms with Crippen LogP contribution in [0.4, 0.5) is 0 Å². The fourth-order valence-electron chi connectivity index (χ4n) is 4.16. The summed E-state index contributed by atoms with van der Waals surface area (Å²) in [6.07, 6.45) is 1.60. The van der Waals surface area contributed by atoms with Gasteiger partial charge >= 0.3 is 0 Å². The molecular formula is C25H25ClN2O3. The van der Waals surface area contributed by atoms with Gasteiger partial charge in [-0.05, 0) is 47.7 Å². The number of carbonyl (C=O) groups is 1. The number of carbonyl (C=O) groups excluding carboxylic acids is 1. The van der Waals surface area contributed by atoms with Crippen molar-refractivity contribution in [2.24, 2.45) is 0 Å². The molecule has 1 aliphatic rings. The molecule has 3 aromatic rings. The average Bonchev–Trinajstić information content (AvgIpc) is 3.28. The lowest BCUT2D eigenvalue weighted by atomic mass is 9.90. The van der Waals surface area contributed by atoms with E-state index in [4.69, 9.17) is 11.6 Å². The van der Waals surface area contributed by atoms with Gasteiger partial charge in [0.1, 0.15) is 11.8 Å². The van der Waals surface area contributed by atoms with E-state index in [1.54, 1.807) is 23.2 Å². The number of pyridine rings is 1. The van der Waals surface area contributed by atoms with Crippen LogP contribution in [0.15, 0.2) is 60.8 Å². The Morgan fingerprint density at radius 3 is 2.65 bits per heavy atom. The van der Waals surface area contributed by atoms with Gasteiger partial charge in [0.15, 0.2) is 0 Å². The molecule has 5 nitrogen and oxygen atoms in total. The lowest BCUT2D eigenvalue weighted by Crippen LogP contribution is -2.29. The Balaban J connectivity index is 1.53. The average molecular weight is 437 g/mol. The van der Waals surface area contributed by atoms with E-state index in [1.165, 1.54) is 0 Å². The molecule has 31 heavy (non-hydrogen) atoms. The van der Waals surface area contributed by atoms with Gasteiger partial charge in [0, 0.05) is 25.2 Å². The summed E-state index contributed by atoms with van der Waals surface area (Å²) >= 11 is 6.14. The quantitative estimate of drug-likeness (QED) is 0.627. The molecule has 0 aliphatic carbocycles. The summed E-state index contributed by atoms with van der Waals surface area (Å²) in [6.45, 7) is 3.03. The van der Waals surface area contributed by atoms with Gasteiger partial charge in [-0.2, -0.15) is 0 Å². The van der Waals surface area contributed by atoms with Gasteiger partial charge < -0.3 is 15.1 Å². The summed E-state index contributed by atoms with van der Waals surface area (Å²) in [4.78, 5) is 18.7. The van der Waals surface area contributed by atoms with Crippen molar-refractivity contribution in [3.05, 3.63) is 99.3 Å². The van der Waals surface area contributed by atoms with E-state index in [2.05, 4.69) is 4.98 Å². The van der Waals surface area contributed by atoms with Crippen LogP contribution in [0.25, 0.3) is 0 Å². The van der Waals surface area contributed by atoms with Crippen LogP contribution < -0.4 is 0 Å². The molecule has 2 N–H and O–H groups in total. The summed E-state index contributed by atoms with van der Waals surface area (Å²) in [5, 5.41) is 21.1. The van der Waals surface area contributed by atoms with Gasteiger partial charge in [0.05, 0.1) is 11.6 Å². The number of hydrogen-bond acceptors (Lipinski definition) is 4. The molecule has 4 rings (SSSR count). The second kappa shape index (κ2) is 9.18. The third-order valence-electron chi connectivity index (χ3n) is 5.92. The van der Waals surface area contributed by atoms with E-state index in [1.807, 2.05) is 49.4 Å². The van der Waals surface area contributed by atoms with E-state index >= 15 is 0 Å². The monoisotopic (exact) mass is 436 g/mol. The van der Waals surface area contributed by atoms with Crippen molar-refractivity contribution < 1.29 is 15.0 Å². The number of rotatable bonds is 5. The maximum Gasteiger partial charge on any atom is 0.274 e. The minimum atomic E-state index is -0.757. The molecule has 1 aromatic heterocycles. The highest BCUT2D eigenvalue weighted by molar-refractivity contribution is 6.33. The highest BCUT2D eigenvalue weighted by Gasteiger charge is 2.30. The second-order valence-electron chi connectivity index (χ2n) is 8.00. The van der Waals surface area contributed by atoms with Gasteiger partial charge in [0.2, 0.25) is 0 Å². The molecule has 2 unspecified atom stereocenters. The van der Waals surface area contributed by atoms with E-state index in [0.717, 1.165) is 34.2 Å². The Morgan fingerprint density at radius 2 is 1.94 bits per heavy atom. The molecule has 0 radical (unpaired) electrons. The molecule has 6 heteroatoms. The Labute approximate surface area is 186 Å². The summed E-state index contributed by atoms with van der Waals surface area (Å²) in [5.41, 5.74) is 4.73. The van der Waals surface area contributed by atoms with Crippen LogP contribution in [0.3, 0.4) is 0 Å². The Morgan fingerprint density at radius 1 is 1.19 bits per heavy atom. The van der Waals surface area contributed by atoms with Gasteiger partial charge in [-0.25, -0.2) is 4.98 Å². The van der Waals surface area contributed by atoms with Gasteiger partial charge in [-0.15, -0.1) is 0 Å². The maximum absolute atomic E-state index is 12.8. The fourth-order valence-corrected chi connectivity index (χ4v) is 4.37. The van der Waals surface area contributed by atoms with Crippen molar-refractivity contribution in [1.29, 1.82) is 0 Å². The van der Waals surface area contributed by atoms with Crippen LogP contribution in [-0.4, -0.2) is 39.1 Å². The first-order valence-corrected chi connectivity index (χ1v) is 10.7. The molecular weight excluding hydrogens is 412 g/mol. The molecule has 2 aromatic carbocycles. The van der Waals surface area contributed by atoms with Crippen molar-refractivity contribution in [3.63, 3.8) is 0 Å². The molecule has 160 valence electrons. The minimum absolute atomic E-state index is 0.110. The lowest BCUT2D eigenvalue weighted by Gasteiger charge is -2.20. The summed E-state index contributed by atoms with van der Waals surface area (Å²) in [6, 6.07) is 16.9. The number of benzene rings is 2. The van der Waals surface area contributed by atoms with Crippen LogP contribution in [0.5, 0.6) is 0 Å². The standard InChI is InChI=1S/C25H25ClN2O3/c1-16-4-6-17(7-5-16)24(30)18-8-9-21(20(13-18)15-29)19-10-12-28(14-19)25(31)23-22(26)3-2-11-27-23/h2-9,11,13,19,24,29-30H,10,12,14-15H2,1H3. The van der Waals surface area contributed by atoms with Crippen LogP contribution in [0.1, 0.15) is 56.7 Å². The first kappa shape index (κ1) is 21.5. The maximum atomic E-state index is 12.8. The van der Waals surface area contributed by atoms with E-state index < -0.39 is 6.10 Å². The first-order valence-electron chi connectivity index (χ1n) is 10.4. The Kier molecular flexibility index (Phi) is 6.37. The van der Waals surface area contributed by atoms with E-state index in [0.29, 0.717) is 18.1 Å². The van der Waals surface area contributed by atoms with E-state index in [9.17, 15) is 15.0 Å². The third kappa shape index (κ3) is 4.49. The van der Waals surface area contributed by atoms with Crippen molar-refractivity contribution in [2.75, 3.05) is 13.1 Å². The molecule has 0 saturated carbocycles. The number of amides is 1. The van der Waals surface area contributed by atoms with Crippen molar-refractivity contribution in [3.8, 4) is 0 Å². The van der Waals surface area contributed by atoms with Crippen molar-refractivity contribution in [1.82, 2.24) is 9.88 Å². The SMILES string of the molecule is Cc1ccc(C(O)c2ccc(C3CCN(C(=O)c4ncccc4Cl)C3)c(CO)c2)cc1. The smallest absolute Gasteiger partial charge is 0.274 e. The number of hydrogen-bond donors (Lipinski definition) is 2. The zero-order valence-corrected chi connectivity index (χ0v) is 18.1. The number of aryl methyl sites for hydroxylation is 1. The van der Waals surface area contributed by atoms with Crippen molar-refractivity contribution in [2.45, 2.75) is 32.0 Å². The summed E-state index contributed by atoms with van der Waals surface area (Å²) in [5.74, 6) is -0.0655. The van der Waals surface area contributed by atoms with Gasteiger partial charge in [0.25, 0.3) is 5.91 Å². The second-order valence-corrected chi connectivity index (χ2v) is 8.41. The number of aliphatic hydroxyl groups is 2. The zero-order valence-electron chi connectivity index (χ0n) is 17.3. The zero-order chi connectivity index (χ0) is 22.0.